The maximum atomic E-state index is 2.78. The lowest BCUT2D eigenvalue weighted by Crippen LogP contribution is -2.19. The Balaban J connectivity index is 0.871. The fourth-order valence-electron chi connectivity index (χ4n) is 11.9. The third-order valence-corrected chi connectivity index (χ3v) is 14.5. The highest BCUT2D eigenvalue weighted by atomic mass is 15.1. The van der Waals surface area contributed by atoms with Crippen molar-refractivity contribution in [3.63, 3.8) is 0 Å². The quantitative estimate of drug-likeness (QED) is 0.170. The van der Waals surface area contributed by atoms with Gasteiger partial charge < -0.3 is 18.3 Å². The van der Waals surface area contributed by atoms with E-state index in [9.17, 15) is 0 Å². The van der Waals surface area contributed by atoms with Crippen LogP contribution in [-0.2, 0) is 38.5 Å². The summed E-state index contributed by atoms with van der Waals surface area (Å²) in [4.78, 5) is 0. The predicted octanol–water partition coefficient (Wildman–Crippen LogP) is 12.7. The smallest absolute Gasteiger partial charge is 0.0557 e. The summed E-state index contributed by atoms with van der Waals surface area (Å²) in [5.41, 5.74) is 24.7. The molecule has 0 spiro atoms. The number of benzene rings is 1. The lowest BCUT2D eigenvalue weighted by atomic mass is 9.88. The molecule has 7 aliphatic carbocycles. The molecule has 0 saturated carbocycles. The van der Waals surface area contributed by atoms with Gasteiger partial charge in [0.05, 0.1) is 18.1 Å². The van der Waals surface area contributed by atoms with Crippen LogP contribution >= 0.6 is 0 Å². The lowest BCUT2D eigenvalue weighted by Gasteiger charge is -2.28. The van der Waals surface area contributed by atoms with Crippen LogP contribution in [-0.4, -0.2) is 18.3 Å². The minimum Gasteiger partial charge on any atom is -0.344 e. The molecule has 3 unspecified atom stereocenters. The SMILES string of the molecule is CC1=CC(n2c3c(c4c2CCc2c-4ccn2C2C=CC=CC2)C=CCC3)CC=C1c1ccc(-n2c3c(c4c2CCc2c-4ccn2C2C=CC=CC2)C=CCC3)cc1C. The van der Waals surface area contributed by atoms with Gasteiger partial charge in [-0.05, 0) is 131 Å². The third kappa shape index (κ3) is 5.13. The van der Waals surface area contributed by atoms with Crippen LogP contribution in [0.3, 0.4) is 0 Å². The van der Waals surface area contributed by atoms with Gasteiger partial charge in [0, 0.05) is 85.6 Å². The molecule has 0 radical (unpaired) electrons. The predicted molar refractivity (Wildman–Crippen MR) is 241 cm³/mol. The van der Waals surface area contributed by atoms with E-state index in [1.54, 1.807) is 11.4 Å². The Morgan fingerprint density at radius 1 is 0.534 bits per heavy atom. The molecule has 1 aromatic carbocycles. The van der Waals surface area contributed by atoms with E-state index in [0.29, 0.717) is 18.1 Å². The summed E-state index contributed by atoms with van der Waals surface area (Å²) in [5.74, 6) is 0. The van der Waals surface area contributed by atoms with Gasteiger partial charge in [-0.25, -0.2) is 0 Å². The zero-order chi connectivity index (χ0) is 38.5. The van der Waals surface area contributed by atoms with Crippen LogP contribution in [0, 0.1) is 6.92 Å². The molecule has 0 fully saturated rings. The first kappa shape index (κ1) is 34.3. The van der Waals surface area contributed by atoms with Crippen molar-refractivity contribution in [1.82, 2.24) is 18.3 Å². The van der Waals surface area contributed by atoms with Crippen molar-refractivity contribution in [2.24, 2.45) is 0 Å². The molecule has 288 valence electrons. The Bertz CT molecular complexity index is 2800. The normalized spacial score (nSPS) is 22.2. The van der Waals surface area contributed by atoms with Gasteiger partial charge in [-0.2, -0.15) is 0 Å². The second-order valence-electron chi connectivity index (χ2n) is 17.6. The van der Waals surface area contributed by atoms with Gasteiger partial charge in [-0.1, -0.05) is 91.1 Å². The maximum Gasteiger partial charge on any atom is 0.0557 e. The topological polar surface area (TPSA) is 19.7 Å². The molecular formula is C54H52N4. The van der Waals surface area contributed by atoms with E-state index in [0.717, 1.165) is 70.6 Å². The van der Waals surface area contributed by atoms with Crippen molar-refractivity contribution in [1.29, 1.82) is 0 Å². The average Bonchev–Trinajstić information content (AvgIpc) is 4.05. The second-order valence-corrected chi connectivity index (χ2v) is 17.6. The van der Waals surface area contributed by atoms with Crippen LogP contribution < -0.4 is 0 Å². The van der Waals surface area contributed by atoms with Gasteiger partial charge in [-0.15, -0.1) is 0 Å². The second kappa shape index (κ2) is 13.4. The standard InChI is InChI=1S/C54H52N4/c1-35-33-39(57-49-19-11-9-17-43(49)53-45-29-31-55(37-13-5-3-6-14-37)47(45)25-27-51(53)57)21-23-41(35)42-24-22-40(34-36(42)2)58-50-20-12-10-18-44(50)54-46-30-32-56(38-15-7-4-8-16-38)48(46)26-28-52(54)58/h3-10,13,15,17-18,21,23-24,29-34,37-38,40H,11-12,14,16,19-20,22,25-28H2,1-2H3. The van der Waals surface area contributed by atoms with E-state index in [-0.39, 0.29) is 0 Å². The number of aromatic nitrogens is 4. The molecular weight excluding hydrogens is 705 g/mol. The molecule has 4 nitrogen and oxygen atoms in total. The van der Waals surface area contributed by atoms with Gasteiger partial charge in [-0.3, -0.25) is 0 Å². The fraction of sp³-hybridized carbons (Fsp3) is 0.296. The van der Waals surface area contributed by atoms with E-state index in [1.807, 2.05) is 0 Å². The molecule has 0 aliphatic heterocycles. The monoisotopic (exact) mass is 756 g/mol. The van der Waals surface area contributed by atoms with Crippen LogP contribution in [0.4, 0.5) is 0 Å². The van der Waals surface area contributed by atoms with Crippen molar-refractivity contribution in [3.8, 4) is 27.9 Å². The summed E-state index contributed by atoms with van der Waals surface area (Å²) in [6, 6.07) is 13.3. The van der Waals surface area contributed by atoms with E-state index in [2.05, 4.69) is 160 Å². The number of hydrogen-bond donors (Lipinski definition) is 0. The molecule has 4 aromatic heterocycles. The van der Waals surface area contributed by atoms with E-state index in [1.165, 1.54) is 84.1 Å². The average molecular weight is 757 g/mol. The first-order chi connectivity index (χ1) is 28.6. The largest absolute Gasteiger partial charge is 0.344 e. The molecule has 4 heterocycles. The first-order valence-electron chi connectivity index (χ1n) is 22.0. The number of fused-ring (bicyclic) bond motifs is 10. The van der Waals surface area contributed by atoms with Gasteiger partial charge in [0.25, 0.3) is 0 Å². The number of rotatable bonds is 5. The molecule has 3 atom stereocenters. The van der Waals surface area contributed by atoms with Gasteiger partial charge in [0.15, 0.2) is 0 Å². The van der Waals surface area contributed by atoms with Gasteiger partial charge in [0.2, 0.25) is 0 Å². The van der Waals surface area contributed by atoms with Crippen molar-refractivity contribution in [3.05, 3.63) is 178 Å². The molecule has 0 amide bonds. The van der Waals surface area contributed by atoms with Crippen LogP contribution in [0.15, 0.2) is 121 Å². The summed E-state index contributed by atoms with van der Waals surface area (Å²) in [6.45, 7) is 4.69. The zero-order valence-corrected chi connectivity index (χ0v) is 33.9. The van der Waals surface area contributed by atoms with Crippen LogP contribution in [0.5, 0.6) is 0 Å². The first-order valence-corrected chi connectivity index (χ1v) is 22.0. The molecule has 12 rings (SSSR count). The summed E-state index contributed by atoms with van der Waals surface area (Å²) < 4.78 is 10.5. The highest BCUT2D eigenvalue weighted by molar-refractivity contribution is 5.86. The highest BCUT2D eigenvalue weighted by Gasteiger charge is 2.34. The highest BCUT2D eigenvalue weighted by Crippen LogP contribution is 2.48. The Hall–Kier alpha value is -5.74. The van der Waals surface area contributed by atoms with Crippen molar-refractivity contribution < 1.29 is 0 Å². The Morgan fingerprint density at radius 2 is 1.16 bits per heavy atom. The van der Waals surface area contributed by atoms with Crippen LogP contribution in [0.2, 0.25) is 0 Å². The summed E-state index contributed by atoms with van der Waals surface area (Å²) in [5, 5.41) is 0. The van der Waals surface area contributed by atoms with E-state index in [4.69, 9.17) is 0 Å². The summed E-state index contributed by atoms with van der Waals surface area (Å²) in [6.07, 6.45) is 49.6. The van der Waals surface area contributed by atoms with Gasteiger partial charge >= 0.3 is 0 Å². The van der Waals surface area contributed by atoms with Crippen LogP contribution in [0.1, 0.15) is 114 Å². The molecule has 5 aromatic rings. The van der Waals surface area contributed by atoms with E-state index < -0.39 is 0 Å². The fourth-order valence-corrected chi connectivity index (χ4v) is 11.9. The molecule has 0 N–H and O–H groups in total. The Kier molecular flexibility index (Phi) is 7.93. The van der Waals surface area contributed by atoms with E-state index >= 15 is 0 Å². The third-order valence-electron chi connectivity index (χ3n) is 14.5. The number of allylic oxidation sites excluding steroid dienone is 14. The van der Waals surface area contributed by atoms with Crippen molar-refractivity contribution in [2.75, 3.05) is 0 Å². The van der Waals surface area contributed by atoms with Gasteiger partial charge in [0.1, 0.15) is 0 Å². The molecule has 7 aliphatic rings. The van der Waals surface area contributed by atoms with Crippen LogP contribution in [0.25, 0.3) is 45.7 Å². The number of aryl methyl sites for hydroxylation is 1. The van der Waals surface area contributed by atoms with Crippen molar-refractivity contribution in [2.45, 2.75) is 103 Å². The Labute approximate surface area is 342 Å². The molecule has 58 heavy (non-hydrogen) atoms. The molecule has 4 heteroatoms. The summed E-state index contributed by atoms with van der Waals surface area (Å²) >= 11 is 0. The minimum absolute atomic E-state index is 0.346. The molecule has 0 saturated heterocycles. The van der Waals surface area contributed by atoms with Crippen molar-refractivity contribution >= 4 is 17.7 Å². The summed E-state index contributed by atoms with van der Waals surface area (Å²) in [7, 11) is 0. The number of hydrogen-bond acceptors (Lipinski definition) is 0. The maximum absolute atomic E-state index is 2.78. The number of nitrogens with zero attached hydrogens (tertiary/aromatic N) is 4. The zero-order valence-electron chi connectivity index (χ0n) is 33.9. The Morgan fingerprint density at radius 3 is 1.79 bits per heavy atom. The lowest BCUT2D eigenvalue weighted by molar-refractivity contribution is 0.543. The molecule has 0 bridgehead atoms. The minimum atomic E-state index is 0.346.